The minimum atomic E-state index is -0.688. The normalized spacial score (nSPS) is 17.5. The number of thioether (sulfide) groups is 1. The molecule has 0 spiro atoms. The fourth-order valence-electron chi connectivity index (χ4n) is 2.62. The summed E-state index contributed by atoms with van der Waals surface area (Å²) in [6.45, 7) is 2.42. The van der Waals surface area contributed by atoms with E-state index in [1.54, 1.807) is 0 Å². The number of aryl methyl sites for hydroxylation is 1. The molecular formula is C16H22BrNO2S. The van der Waals surface area contributed by atoms with Crippen LogP contribution in [0.1, 0.15) is 37.7 Å². The second-order valence-corrected chi connectivity index (χ2v) is 7.69. The Hall–Kier alpha value is -0.520. The standard InChI is InChI=1S/C16H22BrNO2S/c1-12-9-13(17)5-6-14(12)21-10-15(19)18-11-16(20)7-3-2-4-8-16/h5-6,9,20H,2-4,7-8,10-11H2,1H3,(H,18,19). The maximum atomic E-state index is 11.9. The lowest BCUT2D eigenvalue weighted by molar-refractivity contribution is -0.120. The van der Waals surface area contributed by atoms with Crippen molar-refractivity contribution >= 4 is 33.6 Å². The van der Waals surface area contributed by atoms with E-state index in [9.17, 15) is 9.90 Å². The molecule has 116 valence electrons. The molecule has 1 aliphatic rings. The smallest absolute Gasteiger partial charge is 0.230 e. The van der Waals surface area contributed by atoms with Crippen molar-refractivity contribution in [2.45, 2.75) is 49.5 Å². The summed E-state index contributed by atoms with van der Waals surface area (Å²) in [7, 11) is 0. The average molecular weight is 372 g/mol. The Labute approximate surface area is 139 Å². The number of amides is 1. The van der Waals surface area contributed by atoms with Crippen LogP contribution >= 0.6 is 27.7 Å². The first-order valence-corrected chi connectivity index (χ1v) is 9.14. The third-order valence-electron chi connectivity index (χ3n) is 3.89. The van der Waals surface area contributed by atoms with Crippen molar-refractivity contribution in [3.63, 3.8) is 0 Å². The lowest BCUT2D eigenvalue weighted by Crippen LogP contribution is -2.44. The number of hydrogen-bond acceptors (Lipinski definition) is 3. The Morgan fingerprint density at radius 1 is 1.38 bits per heavy atom. The Kier molecular flexibility index (Phi) is 6.14. The van der Waals surface area contributed by atoms with Crippen LogP contribution in [0.2, 0.25) is 0 Å². The molecule has 0 saturated heterocycles. The molecule has 0 radical (unpaired) electrons. The van der Waals surface area contributed by atoms with Crippen LogP contribution in [-0.4, -0.2) is 28.9 Å². The largest absolute Gasteiger partial charge is 0.388 e. The van der Waals surface area contributed by atoms with Crippen LogP contribution in [0.4, 0.5) is 0 Å². The number of halogens is 1. The molecule has 2 N–H and O–H groups in total. The van der Waals surface area contributed by atoms with Crippen LogP contribution in [0, 0.1) is 6.92 Å². The molecule has 5 heteroatoms. The van der Waals surface area contributed by atoms with Gasteiger partial charge in [-0.3, -0.25) is 4.79 Å². The quantitative estimate of drug-likeness (QED) is 0.776. The zero-order chi connectivity index (χ0) is 15.3. The van der Waals surface area contributed by atoms with Gasteiger partial charge in [-0.1, -0.05) is 35.2 Å². The zero-order valence-corrected chi connectivity index (χ0v) is 14.7. The Morgan fingerprint density at radius 2 is 2.10 bits per heavy atom. The predicted molar refractivity (Wildman–Crippen MR) is 90.6 cm³/mol. The first kappa shape index (κ1) is 16.8. The van der Waals surface area contributed by atoms with E-state index in [4.69, 9.17) is 0 Å². The van der Waals surface area contributed by atoms with Crippen LogP contribution in [0.15, 0.2) is 27.6 Å². The topological polar surface area (TPSA) is 49.3 Å². The molecule has 0 unspecified atom stereocenters. The van der Waals surface area contributed by atoms with Gasteiger partial charge in [-0.05, 0) is 43.5 Å². The molecule has 0 aliphatic heterocycles. The van der Waals surface area contributed by atoms with Gasteiger partial charge in [0.1, 0.15) is 0 Å². The summed E-state index contributed by atoms with van der Waals surface area (Å²) >= 11 is 4.97. The summed E-state index contributed by atoms with van der Waals surface area (Å²) in [6.07, 6.45) is 4.89. The number of carbonyl (C=O) groups excluding carboxylic acids is 1. The van der Waals surface area contributed by atoms with Crippen molar-refractivity contribution in [3.8, 4) is 0 Å². The van der Waals surface area contributed by atoms with E-state index in [1.165, 1.54) is 18.2 Å². The number of hydrogen-bond donors (Lipinski definition) is 2. The zero-order valence-electron chi connectivity index (χ0n) is 12.3. The number of nitrogens with one attached hydrogen (secondary N) is 1. The van der Waals surface area contributed by atoms with Crippen molar-refractivity contribution in [1.82, 2.24) is 5.32 Å². The van der Waals surface area contributed by atoms with Crippen molar-refractivity contribution < 1.29 is 9.90 Å². The highest BCUT2D eigenvalue weighted by Gasteiger charge is 2.29. The van der Waals surface area contributed by atoms with Gasteiger partial charge in [0.25, 0.3) is 0 Å². The minimum absolute atomic E-state index is 0.0127. The number of aliphatic hydroxyl groups is 1. The first-order chi connectivity index (χ1) is 9.98. The van der Waals surface area contributed by atoms with E-state index >= 15 is 0 Å². The summed E-state index contributed by atoms with van der Waals surface area (Å²) in [5, 5.41) is 13.2. The molecule has 0 bridgehead atoms. The lowest BCUT2D eigenvalue weighted by atomic mass is 9.85. The monoisotopic (exact) mass is 371 g/mol. The van der Waals surface area contributed by atoms with Gasteiger partial charge in [-0.2, -0.15) is 0 Å². The predicted octanol–water partition coefficient (Wildman–Crippen LogP) is 3.66. The van der Waals surface area contributed by atoms with Gasteiger partial charge < -0.3 is 10.4 Å². The molecular weight excluding hydrogens is 350 g/mol. The van der Waals surface area contributed by atoms with E-state index < -0.39 is 5.60 Å². The number of benzene rings is 1. The molecule has 1 aromatic carbocycles. The molecule has 1 saturated carbocycles. The van der Waals surface area contributed by atoms with Crippen LogP contribution in [0.3, 0.4) is 0 Å². The highest BCUT2D eigenvalue weighted by molar-refractivity contribution is 9.10. The van der Waals surface area contributed by atoms with Crippen LogP contribution < -0.4 is 5.32 Å². The first-order valence-electron chi connectivity index (χ1n) is 7.37. The van der Waals surface area contributed by atoms with Crippen LogP contribution in [0.5, 0.6) is 0 Å². The summed E-state index contributed by atoms with van der Waals surface area (Å²) in [5.41, 5.74) is 0.472. The Bertz CT molecular complexity index is 501. The second-order valence-electron chi connectivity index (χ2n) is 5.76. The molecule has 1 fully saturated rings. The molecule has 1 aromatic rings. The SMILES string of the molecule is Cc1cc(Br)ccc1SCC(=O)NCC1(O)CCCCC1. The van der Waals surface area contributed by atoms with E-state index in [2.05, 4.69) is 21.2 Å². The maximum absolute atomic E-state index is 11.9. The fourth-order valence-corrected chi connectivity index (χ4v) is 3.93. The van der Waals surface area contributed by atoms with Crippen LogP contribution in [0.25, 0.3) is 0 Å². The molecule has 0 heterocycles. The molecule has 1 amide bonds. The van der Waals surface area contributed by atoms with Crippen LogP contribution in [-0.2, 0) is 4.79 Å². The van der Waals surface area contributed by atoms with Gasteiger partial charge in [-0.15, -0.1) is 11.8 Å². The van der Waals surface area contributed by atoms with Crippen molar-refractivity contribution in [2.75, 3.05) is 12.3 Å². The van der Waals surface area contributed by atoms with Gasteiger partial charge in [0.15, 0.2) is 0 Å². The van der Waals surface area contributed by atoms with Gasteiger partial charge >= 0.3 is 0 Å². The highest BCUT2D eigenvalue weighted by atomic mass is 79.9. The molecule has 3 nitrogen and oxygen atoms in total. The summed E-state index contributed by atoms with van der Waals surface area (Å²) in [5.74, 6) is 0.375. The molecule has 21 heavy (non-hydrogen) atoms. The van der Waals surface area contributed by atoms with Crippen molar-refractivity contribution in [3.05, 3.63) is 28.2 Å². The minimum Gasteiger partial charge on any atom is -0.388 e. The van der Waals surface area contributed by atoms with E-state index in [1.807, 2.05) is 25.1 Å². The summed E-state index contributed by atoms with van der Waals surface area (Å²) < 4.78 is 1.05. The average Bonchev–Trinajstić information content (AvgIpc) is 2.45. The molecule has 2 rings (SSSR count). The Morgan fingerprint density at radius 3 is 2.76 bits per heavy atom. The Balaban J connectivity index is 1.77. The maximum Gasteiger partial charge on any atom is 0.230 e. The molecule has 0 aromatic heterocycles. The number of rotatable bonds is 5. The van der Waals surface area contributed by atoms with Gasteiger partial charge in [0.2, 0.25) is 5.91 Å². The van der Waals surface area contributed by atoms with Crippen molar-refractivity contribution in [2.24, 2.45) is 0 Å². The highest BCUT2D eigenvalue weighted by Crippen LogP contribution is 2.28. The van der Waals surface area contributed by atoms with E-state index in [0.29, 0.717) is 12.3 Å². The lowest BCUT2D eigenvalue weighted by Gasteiger charge is -2.32. The third-order valence-corrected chi connectivity index (χ3v) is 5.56. The van der Waals surface area contributed by atoms with E-state index in [-0.39, 0.29) is 5.91 Å². The van der Waals surface area contributed by atoms with E-state index in [0.717, 1.165) is 40.6 Å². The van der Waals surface area contributed by atoms with Gasteiger partial charge in [-0.25, -0.2) is 0 Å². The number of carbonyl (C=O) groups is 1. The summed E-state index contributed by atoms with van der Waals surface area (Å²) in [6, 6.07) is 6.05. The molecule has 1 aliphatic carbocycles. The summed E-state index contributed by atoms with van der Waals surface area (Å²) in [4.78, 5) is 13.0. The third kappa shape index (κ3) is 5.31. The van der Waals surface area contributed by atoms with Crippen molar-refractivity contribution in [1.29, 1.82) is 0 Å². The molecule has 0 atom stereocenters. The fraction of sp³-hybridized carbons (Fsp3) is 0.562. The van der Waals surface area contributed by atoms with Gasteiger partial charge in [0, 0.05) is 15.9 Å². The second kappa shape index (κ2) is 7.65. The van der Waals surface area contributed by atoms with Gasteiger partial charge in [0.05, 0.1) is 11.4 Å².